The van der Waals surface area contributed by atoms with Crippen molar-refractivity contribution < 1.29 is 14.7 Å². The number of rotatable bonds is 1. The Morgan fingerprint density at radius 1 is 1.19 bits per heavy atom. The molecular weight excluding hydrogens is 208 g/mol. The topological polar surface area (TPSA) is 60.9 Å². The molecule has 2 amide bonds. The van der Waals surface area contributed by atoms with E-state index in [9.17, 15) is 9.59 Å². The van der Waals surface area contributed by atoms with Gasteiger partial charge in [-0.25, -0.2) is 4.79 Å². The molecule has 0 atom stereocenters. The zero-order valence-electron chi connectivity index (χ0n) is 9.39. The number of amides is 2. The molecule has 0 aromatic heterocycles. The molecule has 0 spiro atoms. The molecule has 1 saturated heterocycles. The SMILES string of the molecule is O=C(O)N1CCN(C2CCCCC2)C(=O)C1. The normalized spacial score (nSPS) is 23.6. The summed E-state index contributed by atoms with van der Waals surface area (Å²) in [5.41, 5.74) is 0. The van der Waals surface area contributed by atoms with Gasteiger partial charge in [-0.15, -0.1) is 0 Å². The number of nitrogens with zero attached hydrogens (tertiary/aromatic N) is 2. The highest BCUT2D eigenvalue weighted by atomic mass is 16.4. The third-order valence-corrected chi connectivity index (χ3v) is 3.54. The van der Waals surface area contributed by atoms with E-state index in [1.54, 1.807) is 0 Å². The monoisotopic (exact) mass is 226 g/mol. The van der Waals surface area contributed by atoms with E-state index in [0.717, 1.165) is 12.8 Å². The Labute approximate surface area is 95.0 Å². The van der Waals surface area contributed by atoms with Gasteiger partial charge >= 0.3 is 6.09 Å². The van der Waals surface area contributed by atoms with Crippen molar-refractivity contribution in [1.29, 1.82) is 0 Å². The Bertz CT molecular complexity index is 287. The van der Waals surface area contributed by atoms with Crippen molar-refractivity contribution in [2.75, 3.05) is 19.6 Å². The highest BCUT2D eigenvalue weighted by Gasteiger charge is 2.31. The number of hydrogen-bond donors (Lipinski definition) is 1. The number of carboxylic acid groups (broad SMARTS) is 1. The Morgan fingerprint density at radius 2 is 1.88 bits per heavy atom. The molecule has 1 heterocycles. The molecule has 90 valence electrons. The summed E-state index contributed by atoms with van der Waals surface area (Å²) in [7, 11) is 0. The molecule has 16 heavy (non-hydrogen) atoms. The molecule has 0 radical (unpaired) electrons. The largest absolute Gasteiger partial charge is 0.465 e. The minimum absolute atomic E-state index is 0.0273. The van der Waals surface area contributed by atoms with Crippen LogP contribution in [-0.2, 0) is 4.79 Å². The molecule has 5 heteroatoms. The molecule has 0 bridgehead atoms. The molecule has 0 aromatic carbocycles. The van der Waals surface area contributed by atoms with E-state index in [0.29, 0.717) is 19.1 Å². The maximum atomic E-state index is 11.8. The fourth-order valence-electron chi connectivity index (χ4n) is 2.63. The Morgan fingerprint density at radius 3 is 2.44 bits per heavy atom. The second kappa shape index (κ2) is 4.72. The summed E-state index contributed by atoms with van der Waals surface area (Å²) in [6.07, 6.45) is 4.82. The van der Waals surface area contributed by atoms with Crippen molar-refractivity contribution in [2.45, 2.75) is 38.1 Å². The van der Waals surface area contributed by atoms with E-state index in [4.69, 9.17) is 5.11 Å². The van der Waals surface area contributed by atoms with Crippen molar-refractivity contribution in [3.05, 3.63) is 0 Å². The van der Waals surface area contributed by atoms with Crippen LogP contribution in [0.15, 0.2) is 0 Å². The summed E-state index contributed by atoms with van der Waals surface area (Å²) in [6.45, 7) is 1.05. The Hall–Kier alpha value is -1.26. The van der Waals surface area contributed by atoms with Gasteiger partial charge < -0.3 is 10.0 Å². The van der Waals surface area contributed by atoms with E-state index in [-0.39, 0.29) is 12.5 Å². The Balaban J connectivity index is 1.93. The zero-order chi connectivity index (χ0) is 11.5. The average Bonchev–Trinajstić information content (AvgIpc) is 2.30. The number of carbonyl (C=O) groups is 2. The van der Waals surface area contributed by atoms with Gasteiger partial charge in [0.25, 0.3) is 0 Å². The molecule has 0 unspecified atom stereocenters. The molecular formula is C11H18N2O3. The summed E-state index contributed by atoms with van der Waals surface area (Å²) < 4.78 is 0. The minimum atomic E-state index is -0.989. The predicted molar refractivity (Wildman–Crippen MR) is 58.2 cm³/mol. The van der Waals surface area contributed by atoms with Crippen LogP contribution in [-0.4, -0.2) is 52.6 Å². The number of carbonyl (C=O) groups excluding carboxylic acids is 1. The summed E-state index contributed by atoms with van der Waals surface area (Å²) >= 11 is 0. The van der Waals surface area contributed by atoms with Gasteiger partial charge in [0.05, 0.1) is 0 Å². The lowest BCUT2D eigenvalue weighted by Gasteiger charge is -2.39. The van der Waals surface area contributed by atoms with Crippen LogP contribution in [0.4, 0.5) is 4.79 Å². The predicted octanol–water partition coefficient (Wildman–Crippen LogP) is 1.14. The van der Waals surface area contributed by atoms with Crippen LogP contribution in [0.2, 0.25) is 0 Å². The average molecular weight is 226 g/mol. The fraction of sp³-hybridized carbons (Fsp3) is 0.818. The third kappa shape index (κ3) is 2.28. The molecule has 2 rings (SSSR count). The zero-order valence-corrected chi connectivity index (χ0v) is 9.39. The Kier molecular flexibility index (Phi) is 3.31. The van der Waals surface area contributed by atoms with Crippen LogP contribution in [0, 0.1) is 0 Å². The summed E-state index contributed by atoms with van der Waals surface area (Å²) in [4.78, 5) is 25.7. The van der Waals surface area contributed by atoms with Crippen molar-refractivity contribution >= 4 is 12.0 Å². The second-order valence-electron chi connectivity index (χ2n) is 4.58. The molecule has 1 aliphatic heterocycles. The summed E-state index contributed by atoms with van der Waals surface area (Å²) in [5.74, 6) is -0.0273. The van der Waals surface area contributed by atoms with Gasteiger partial charge in [0.15, 0.2) is 0 Å². The highest BCUT2D eigenvalue weighted by molar-refractivity contribution is 5.83. The first-order chi connectivity index (χ1) is 7.68. The van der Waals surface area contributed by atoms with Crippen LogP contribution >= 0.6 is 0 Å². The van der Waals surface area contributed by atoms with Crippen LogP contribution in [0.5, 0.6) is 0 Å². The van der Waals surface area contributed by atoms with E-state index in [2.05, 4.69) is 0 Å². The van der Waals surface area contributed by atoms with Gasteiger partial charge in [0.2, 0.25) is 5.91 Å². The second-order valence-corrected chi connectivity index (χ2v) is 4.58. The van der Waals surface area contributed by atoms with Gasteiger partial charge in [0.1, 0.15) is 6.54 Å². The molecule has 0 aromatic rings. The molecule has 1 saturated carbocycles. The minimum Gasteiger partial charge on any atom is -0.465 e. The first-order valence-corrected chi connectivity index (χ1v) is 5.96. The van der Waals surface area contributed by atoms with Gasteiger partial charge in [-0.1, -0.05) is 19.3 Å². The maximum absolute atomic E-state index is 11.8. The van der Waals surface area contributed by atoms with E-state index < -0.39 is 6.09 Å². The van der Waals surface area contributed by atoms with Gasteiger partial charge in [-0.2, -0.15) is 0 Å². The third-order valence-electron chi connectivity index (χ3n) is 3.54. The van der Waals surface area contributed by atoms with Gasteiger partial charge in [0, 0.05) is 19.1 Å². The highest BCUT2D eigenvalue weighted by Crippen LogP contribution is 2.23. The van der Waals surface area contributed by atoms with Crippen LogP contribution in [0.3, 0.4) is 0 Å². The standard InChI is InChI=1S/C11H18N2O3/c14-10-8-12(11(15)16)6-7-13(10)9-4-2-1-3-5-9/h9H,1-8H2,(H,15,16). The smallest absolute Gasteiger partial charge is 0.407 e. The molecule has 1 N–H and O–H groups in total. The van der Waals surface area contributed by atoms with Gasteiger partial charge in [-0.3, -0.25) is 9.69 Å². The molecule has 2 aliphatic rings. The van der Waals surface area contributed by atoms with E-state index in [1.807, 2.05) is 4.90 Å². The lowest BCUT2D eigenvalue weighted by Crippen LogP contribution is -2.55. The van der Waals surface area contributed by atoms with Gasteiger partial charge in [-0.05, 0) is 12.8 Å². The fourth-order valence-corrected chi connectivity index (χ4v) is 2.63. The van der Waals surface area contributed by atoms with E-state index >= 15 is 0 Å². The molecule has 5 nitrogen and oxygen atoms in total. The molecule has 2 fully saturated rings. The lowest BCUT2D eigenvalue weighted by molar-refractivity contribution is -0.138. The van der Waals surface area contributed by atoms with Crippen molar-refractivity contribution in [3.8, 4) is 0 Å². The van der Waals surface area contributed by atoms with Crippen molar-refractivity contribution in [1.82, 2.24) is 9.80 Å². The van der Waals surface area contributed by atoms with Crippen molar-refractivity contribution in [3.63, 3.8) is 0 Å². The van der Waals surface area contributed by atoms with E-state index in [1.165, 1.54) is 24.2 Å². The lowest BCUT2D eigenvalue weighted by atomic mass is 9.93. The van der Waals surface area contributed by atoms with Crippen LogP contribution < -0.4 is 0 Å². The van der Waals surface area contributed by atoms with Crippen molar-refractivity contribution in [2.24, 2.45) is 0 Å². The summed E-state index contributed by atoms with van der Waals surface area (Å²) in [5, 5.41) is 8.81. The summed E-state index contributed by atoms with van der Waals surface area (Å²) in [6, 6.07) is 0.359. The quantitative estimate of drug-likeness (QED) is 0.729. The number of hydrogen-bond acceptors (Lipinski definition) is 2. The first-order valence-electron chi connectivity index (χ1n) is 5.96. The van der Waals surface area contributed by atoms with Crippen LogP contribution in [0.1, 0.15) is 32.1 Å². The maximum Gasteiger partial charge on any atom is 0.407 e. The first kappa shape index (κ1) is 11.2. The number of piperazine rings is 1. The van der Waals surface area contributed by atoms with Crippen LogP contribution in [0.25, 0.3) is 0 Å². The molecule has 1 aliphatic carbocycles.